The van der Waals surface area contributed by atoms with Crippen molar-refractivity contribution < 1.29 is 23.2 Å². The van der Waals surface area contributed by atoms with Crippen molar-refractivity contribution in [1.82, 2.24) is 4.90 Å². The summed E-state index contributed by atoms with van der Waals surface area (Å²) in [6, 6.07) is 9.02. The summed E-state index contributed by atoms with van der Waals surface area (Å²) in [6.45, 7) is 5.76. The summed E-state index contributed by atoms with van der Waals surface area (Å²) < 4.78 is 25.0. The third-order valence-electron chi connectivity index (χ3n) is 5.31. The lowest BCUT2D eigenvalue weighted by Crippen LogP contribution is -2.43. The quantitative estimate of drug-likeness (QED) is 0.496. The van der Waals surface area contributed by atoms with Gasteiger partial charge in [-0.3, -0.25) is 19.3 Å². The van der Waals surface area contributed by atoms with Gasteiger partial charge in [0.1, 0.15) is 0 Å². The summed E-state index contributed by atoms with van der Waals surface area (Å²) >= 11 is 0.392. The zero-order valence-electron chi connectivity index (χ0n) is 18.3. The summed E-state index contributed by atoms with van der Waals surface area (Å²) in [5.74, 6) is -3.67. The first-order valence-electron chi connectivity index (χ1n) is 10.1. The average Bonchev–Trinajstić information content (AvgIpc) is 2.99. The predicted molar refractivity (Wildman–Crippen MR) is 121 cm³/mol. The third-order valence-corrected chi connectivity index (χ3v) is 6.03. The molecular weight excluding hydrogens is 436 g/mol. The summed E-state index contributed by atoms with van der Waals surface area (Å²) in [4.78, 5) is 41.0. The Bertz CT molecular complexity index is 1020. The summed E-state index contributed by atoms with van der Waals surface area (Å²) in [5.41, 5.74) is 4.07. The number of benzene rings is 2. The minimum atomic E-state index is -2.55. The van der Waals surface area contributed by atoms with Gasteiger partial charge in [-0.15, -0.1) is 0 Å². The van der Waals surface area contributed by atoms with Crippen LogP contribution in [0.4, 0.5) is 20.2 Å². The fourth-order valence-electron chi connectivity index (χ4n) is 3.90. The predicted octanol–water partition coefficient (Wildman–Crippen LogP) is 4.13. The highest BCUT2D eigenvalue weighted by Crippen LogP contribution is 2.30. The van der Waals surface area contributed by atoms with Gasteiger partial charge in [0.2, 0.25) is 11.8 Å². The van der Waals surface area contributed by atoms with Crippen molar-refractivity contribution in [2.24, 2.45) is 0 Å². The maximum Gasteiger partial charge on any atom is 0.288 e. The van der Waals surface area contributed by atoms with Gasteiger partial charge in [-0.25, -0.2) is 4.90 Å². The molecule has 3 rings (SSSR count). The van der Waals surface area contributed by atoms with E-state index in [-0.39, 0.29) is 18.9 Å². The fourth-order valence-corrected chi connectivity index (χ4v) is 4.40. The number of hydrogen-bond acceptors (Lipinski definition) is 5. The van der Waals surface area contributed by atoms with Gasteiger partial charge < -0.3 is 5.32 Å². The second-order valence-corrected chi connectivity index (χ2v) is 8.96. The highest BCUT2D eigenvalue weighted by molar-refractivity contribution is 7.99. The number of carbonyl (C=O) groups excluding carboxylic acids is 3. The van der Waals surface area contributed by atoms with Crippen LogP contribution in [0.15, 0.2) is 41.3 Å². The molecule has 0 radical (unpaired) electrons. The molecule has 0 aliphatic carbocycles. The van der Waals surface area contributed by atoms with Gasteiger partial charge in [0.25, 0.3) is 11.7 Å². The van der Waals surface area contributed by atoms with Crippen molar-refractivity contribution in [3.63, 3.8) is 0 Å². The number of carbonyl (C=O) groups is 3. The molecule has 0 aromatic heterocycles. The van der Waals surface area contributed by atoms with Gasteiger partial charge in [-0.2, -0.15) is 8.78 Å². The number of aryl methyl sites for hydroxylation is 3. The smallest absolute Gasteiger partial charge is 0.288 e. The number of anilines is 2. The molecule has 2 aromatic rings. The van der Waals surface area contributed by atoms with Crippen LogP contribution in [0.25, 0.3) is 0 Å². The zero-order valence-corrected chi connectivity index (χ0v) is 19.1. The number of alkyl halides is 2. The van der Waals surface area contributed by atoms with Crippen LogP contribution in [0.1, 0.15) is 23.1 Å². The zero-order chi connectivity index (χ0) is 23.6. The third kappa shape index (κ3) is 5.34. The first kappa shape index (κ1) is 23.9. The molecule has 1 aliphatic rings. The molecule has 32 heavy (non-hydrogen) atoms. The van der Waals surface area contributed by atoms with E-state index in [1.807, 2.05) is 32.9 Å². The highest BCUT2D eigenvalue weighted by atomic mass is 32.2. The number of rotatable bonds is 7. The molecule has 170 valence electrons. The van der Waals surface area contributed by atoms with E-state index in [4.69, 9.17) is 0 Å². The Morgan fingerprint density at radius 2 is 1.75 bits per heavy atom. The first-order chi connectivity index (χ1) is 15.1. The van der Waals surface area contributed by atoms with Crippen LogP contribution < -0.4 is 10.2 Å². The topological polar surface area (TPSA) is 69.7 Å². The number of hydrogen-bond donors (Lipinski definition) is 1. The Balaban J connectivity index is 1.66. The van der Waals surface area contributed by atoms with Crippen LogP contribution in [-0.2, 0) is 14.4 Å². The summed E-state index contributed by atoms with van der Waals surface area (Å²) in [7, 11) is 1.62. The van der Waals surface area contributed by atoms with Crippen molar-refractivity contribution >= 4 is 40.9 Å². The van der Waals surface area contributed by atoms with Gasteiger partial charge >= 0.3 is 0 Å². The van der Waals surface area contributed by atoms with Crippen molar-refractivity contribution in [3.05, 3.63) is 53.1 Å². The van der Waals surface area contributed by atoms with Crippen molar-refractivity contribution in [1.29, 1.82) is 0 Å². The molecule has 2 aromatic carbocycles. The number of nitrogens with one attached hydrogen (secondary N) is 1. The van der Waals surface area contributed by atoms with Gasteiger partial charge in [-0.05, 0) is 63.2 Å². The maximum atomic E-state index is 12.9. The van der Waals surface area contributed by atoms with Crippen LogP contribution in [0, 0.1) is 20.8 Å². The molecular formula is C23H25F2N3O3S. The number of thioether (sulfide) groups is 1. The number of nitrogens with zero attached hydrogens (tertiary/aromatic N) is 2. The van der Waals surface area contributed by atoms with Gasteiger partial charge in [0.15, 0.2) is 0 Å². The maximum absolute atomic E-state index is 12.9. The molecule has 0 unspecified atom stereocenters. The molecule has 1 atom stereocenters. The normalized spacial score (nSPS) is 16.4. The Labute approximate surface area is 190 Å². The van der Waals surface area contributed by atoms with Crippen molar-refractivity contribution in [2.45, 2.75) is 43.9 Å². The monoisotopic (exact) mass is 461 g/mol. The van der Waals surface area contributed by atoms with Gasteiger partial charge in [0, 0.05) is 10.6 Å². The Morgan fingerprint density at radius 3 is 2.31 bits per heavy atom. The molecule has 1 fully saturated rings. The molecule has 1 N–H and O–H groups in total. The molecule has 9 heteroatoms. The van der Waals surface area contributed by atoms with Crippen LogP contribution in [0.3, 0.4) is 0 Å². The molecule has 1 saturated heterocycles. The number of imide groups is 1. The lowest BCUT2D eigenvalue weighted by Gasteiger charge is -2.23. The van der Waals surface area contributed by atoms with E-state index in [2.05, 4.69) is 5.32 Å². The van der Waals surface area contributed by atoms with Gasteiger partial charge in [0.05, 0.1) is 24.7 Å². The number of likely N-dealkylation sites (N-methyl/N-ethyl adjacent to an activating group) is 1. The molecule has 3 amide bonds. The second kappa shape index (κ2) is 9.79. The van der Waals surface area contributed by atoms with Crippen LogP contribution in [0.2, 0.25) is 0 Å². The van der Waals surface area contributed by atoms with Gasteiger partial charge in [-0.1, -0.05) is 29.5 Å². The highest BCUT2D eigenvalue weighted by Gasteiger charge is 2.42. The summed E-state index contributed by atoms with van der Waals surface area (Å²) in [6.07, 6.45) is -0.0568. The fraction of sp³-hybridized carbons (Fsp3) is 0.348. The Kier molecular flexibility index (Phi) is 7.30. The SMILES string of the molecule is Cc1cc(C)c(NC(=O)CN(C)[C@@H]2CC(=O)N(c3ccc(SC(F)F)cc3)C2=O)c(C)c1. The van der Waals surface area contributed by atoms with E-state index in [0.717, 1.165) is 27.3 Å². The van der Waals surface area contributed by atoms with E-state index < -0.39 is 23.6 Å². The van der Waals surface area contributed by atoms with E-state index >= 15 is 0 Å². The lowest BCUT2D eigenvalue weighted by molar-refractivity contribution is -0.123. The van der Waals surface area contributed by atoms with Crippen LogP contribution >= 0.6 is 11.8 Å². The second-order valence-electron chi connectivity index (χ2n) is 7.90. The lowest BCUT2D eigenvalue weighted by atomic mass is 10.1. The van der Waals surface area contributed by atoms with Crippen molar-refractivity contribution in [2.75, 3.05) is 23.8 Å². The average molecular weight is 462 g/mol. The minimum Gasteiger partial charge on any atom is -0.324 e. The molecule has 0 saturated carbocycles. The Hall–Kier alpha value is -2.78. The molecule has 1 aliphatic heterocycles. The van der Waals surface area contributed by atoms with Crippen LogP contribution in [0.5, 0.6) is 0 Å². The van der Waals surface area contributed by atoms with E-state index in [0.29, 0.717) is 22.3 Å². The minimum absolute atomic E-state index is 0.0568. The Morgan fingerprint density at radius 1 is 1.16 bits per heavy atom. The molecule has 1 heterocycles. The van der Waals surface area contributed by atoms with Crippen molar-refractivity contribution in [3.8, 4) is 0 Å². The number of amides is 3. The van der Waals surface area contributed by atoms with E-state index in [1.165, 1.54) is 24.3 Å². The molecule has 6 nitrogen and oxygen atoms in total. The van der Waals surface area contributed by atoms with Crippen LogP contribution in [-0.4, -0.2) is 48.0 Å². The molecule has 0 spiro atoms. The molecule has 0 bridgehead atoms. The standard InChI is InChI=1S/C23H25F2N3O3S/c1-13-9-14(2)21(15(3)10-13)26-19(29)12-27(4)18-11-20(30)28(22(18)31)16-5-7-17(8-6-16)32-23(24)25/h5-10,18,23H,11-12H2,1-4H3,(H,26,29)/t18-/m1/s1. The summed E-state index contributed by atoms with van der Waals surface area (Å²) in [5, 5.41) is 2.90. The largest absolute Gasteiger partial charge is 0.324 e. The first-order valence-corrected chi connectivity index (χ1v) is 10.9. The van der Waals surface area contributed by atoms with E-state index in [9.17, 15) is 23.2 Å². The van der Waals surface area contributed by atoms with E-state index in [1.54, 1.807) is 11.9 Å². The number of halogens is 2.